The smallest absolute Gasteiger partial charge is 0.126 e. The molecule has 1 aromatic rings. The molecule has 0 saturated heterocycles. The largest absolute Gasteiger partial charge is 0.395 e. The van der Waals surface area contributed by atoms with Gasteiger partial charge in [-0.1, -0.05) is 13.0 Å². The molecule has 0 bridgehead atoms. The van der Waals surface area contributed by atoms with Gasteiger partial charge in [-0.2, -0.15) is 11.8 Å². The normalized spacial score (nSPS) is 12.5. The van der Waals surface area contributed by atoms with Gasteiger partial charge >= 0.3 is 0 Å². The molecule has 3 nitrogen and oxygen atoms in total. The highest BCUT2D eigenvalue weighted by molar-refractivity contribution is 7.99. The van der Waals surface area contributed by atoms with Gasteiger partial charge in [0.2, 0.25) is 0 Å². The van der Waals surface area contributed by atoms with Crippen molar-refractivity contribution in [1.29, 1.82) is 0 Å². The minimum absolute atomic E-state index is 0.220. The number of nitrogens with zero attached hydrogens (tertiary/aromatic N) is 1. The zero-order chi connectivity index (χ0) is 11.1. The number of aliphatic hydroxyl groups is 1. The predicted octanol–water partition coefficient (Wildman–Crippen LogP) is 2.13. The van der Waals surface area contributed by atoms with E-state index in [1.807, 2.05) is 25.1 Å². The summed E-state index contributed by atoms with van der Waals surface area (Å²) < 4.78 is 0. The summed E-state index contributed by atoms with van der Waals surface area (Å²) in [5.74, 6) is 1.77. The Morgan fingerprint density at radius 1 is 1.53 bits per heavy atom. The van der Waals surface area contributed by atoms with Gasteiger partial charge in [-0.3, -0.25) is 0 Å². The van der Waals surface area contributed by atoms with Crippen LogP contribution in [0.25, 0.3) is 0 Å². The Morgan fingerprint density at radius 3 is 3.00 bits per heavy atom. The Kier molecular flexibility index (Phi) is 5.50. The molecule has 0 fully saturated rings. The van der Waals surface area contributed by atoms with Crippen LogP contribution in [-0.4, -0.2) is 28.5 Å². The van der Waals surface area contributed by atoms with Crippen LogP contribution in [0.3, 0.4) is 0 Å². The van der Waals surface area contributed by atoms with Gasteiger partial charge in [0, 0.05) is 17.5 Å². The van der Waals surface area contributed by atoms with Crippen molar-refractivity contribution in [2.24, 2.45) is 0 Å². The van der Waals surface area contributed by atoms with Crippen LogP contribution in [0.5, 0.6) is 0 Å². The number of nitrogens with one attached hydrogen (secondary N) is 1. The van der Waals surface area contributed by atoms with Crippen molar-refractivity contribution in [3.05, 3.63) is 23.9 Å². The molecule has 84 valence electrons. The van der Waals surface area contributed by atoms with E-state index in [-0.39, 0.29) is 11.9 Å². The molecule has 0 radical (unpaired) electrons. The summed E-state index contributed by atoms with van der Waals surface area (Å²) in [5.41, 5.74) is 1.05. The molecule has 2 N–H and O–H groups in total. The summed E-state index contributed by atoms with van der Waals surface area (Å²) in [4.78, 5) is 4.46. The Bertz CT molecular complexity index is 294. The number of thioether (sulfide) groups is 1. The van der Waals surface area contributed by atoms with E-state index in [0.29, 0.717) is 0 Å². The quantitative estimate of drug-likeness (QED) is 0.780. The Hall–Kier alpha value is -0.740. The van der Waals surface area contributed by atoms with Crippen LogP contribution in [0.4, 0.5) is 5.82 Å². The first-order valence-corrected chi connectivity index (χ1v) is 6.23. The highest BCUT2D eigenvalue weighted by atomic mass is 32.2. The van der Waals surface area contributed by atoms with Crippen molar-refractivity contribution < 1.29 is 5.11 Å². The van der Waals surface area contributed by atoms with Gasteiger partial charge in [0.25, 0.3) is 0 Å². The van der Waals surface area contributed by atoms with E-state index in [2.05, 4.69) is 17.2 Å². The van der Waals surface area contributed by atoms with Crippen molar-refractivity contribution in [1.82, 2.24) is 4.98 Å². The number of hydrogen-bond donors (Lipinski definition) is 2. The number of anilines is 1. The standard InChI is InChI=1S/C11H18N2OS/c1-3-12-11-6-4-5-10(13-11)8-15-9(2)7-14/h4-6,9,14H,3,7-8H2,1-2H3,(H,12,13). The molecule has 0 saturated carbocycles. The lowest BCUT2D eigenvalue weighted by molar-refractivity contribution is 0.300. The number of aliphatic hydroxyl groups excluding tert-OH is 1. The minimum Gasteiger partial charge on any atom is -0.395 e. The molecule has 1 atom stereocenters. The first-order chi connectivity index (χ1) is 7.26. The molecule has 1 unspecified atom stereocenters. The van der Waals surface area contributed by atoms with Crippen LogP contribution in [0.2, 0.25) is 0 Å². The maximum atomic E-state index is 8.90. The van der Waals surface area contributed by atoms with Crippen molar-refractivity contribution in [2.75, 3.05) is 18.5 Å². The second kappa shape index (κ2) is 6.69. The molecular formula is C11H18N2OS. The summed E-state index contributed by atoms with van der Waals surface area (Å²) in [5, 5.41) is 12.4. The fourth-order valence-corrected chi connectivity index (χ4v) is 1.84. The zero-order valence-corrected chi connectivity index (χ0v) is 10.0. The van der Waals surface area contributed by atoms with Gasteiger partial charge in [-0.25, -0.2) is 4.98 Å². The van der Waals surface area contributed by atoms with Crippen LogP contribution in [0.1, 0.15) is 19.5 Å². The Balaban J connectivity index is 2.50. The molecule has 0 aliphatic rings. The number of aromatic nitrogens is 1. The number of pyridine rings is 1. The molecule has 1 aromatic heterocycles. The lowest BCUT2D eigenvalue weighted by atomic mass is 10.4. The van der Waals surface area contributed by atoms with Crippen LogP contribution in [0.15, 0.2) is 18.2 Å². The maximum Gasteiger partial charge on any atom is 0.126 e. The second-order valence-corrected chi connectivity index (χ2v) is 4.78. The van der Waals surface area contributed by atoms with Gasteiger partial charge in [0.15, 0.2) is 0 Å². The average Bonchev–Trinajstić information content (AvgIpc) is 2.27. The highest BCUT2D eigenvalue weighted by Crippen LogP contribution is 2.16. The van der Waals surface area contributed by atoms with Crippen LogP contribution < -0.4 is 5.32 Å². The van der Waals surface area contributed by atoms with Crippen molar-refractivity contribution in [3.63, 3.8) is 0 Å². The summed E-state index contributed by atoms with van der Waals surface area (Å²) in [6.07, 6.45) is 0. The number of rotatable bonds is 6. The van der Waals surface area contributed by atoms with Crippen molar-refractivity contribution in [2.45, 2.75) is 24.9 Å². The van der Waals surface area contributed by atoms with Crippen molar-refractivity contribution >= 4 is 17.6 Å². The molecular weight excluding hydrogens is 208 g/mol. The fourth-order valence-electron chi connectivity index (χ4n) is 1.12. The van der Waals surface area contributed by atoms with E-state index in [1.165, 1.54) is 0 Å². The third-order valence-corrected chi connectivity index (χ3v) is 3.12. The fraction of sp³-hybridized carbons (Fsp3) is 0.545. The van der Waals surface area contributed by atoms with E-state index in [1.54, 1.807) is 11.8 Å². The Morgan fingerprint density at radius 2 is 2.33 bits per heavy atom. The summed E-state index contributed by atoms with van der Waals surface area (Å²) in [6, 6.07) is 5.98. The molecule has 0 aliphatic heterocycles. The first kappa shape index (κ1) is 12.3. The zero-order valence-electron chi connectivity index (χ0n) is 9.23. The predicted molar refractivity (Wildman–Crippen MR) is 66.2 cm³/mol. The van der Waals surface area contributed by atoms with E-state index in [0.717, 1.165) is 23.8 Å². The van der Waals surface area contributed by atoms with E-state index >= 15 is 0 Å². The average molecular weight is 226 g/mol. The highest BCUT2D eigenvalue weighted by Gasteiger charge is 2.02. The van der Waals surface area contributed by atoms with Gasteiger partial charge in [-0.05, 0) is 19.1 Å². The topological polar surface area (TPSA) is 45.1 Å². The lowest BCUT2D eigenvalue weighted by Crippen LogP contribution is -2.04. The third-order valence-electron chi connectivity index (χ3n) is 1.94. The van der Waals surface area contributed by atoms with E-state index < -0.39 is 0 Å². The summed E-state index contributed by atoms with van der Waals surface area (Å²) in [7, 11) is 0. The molecule has 0 aliphatic carbocycles. The van der Waals surface area contributed by atoms with Crippen LogP contribution >= 0.6 is 11.8 Å². The SMILES string of the molecule is CCNc1cccc(CSC(C)CO)n1. The monoisotopic (exact) mass is 226 g/mol. The van der Waals surface area contributed by atoms with Gasteiger partial charge < -0.3 is 10.4 Å². The number of hydrogen-bond acceptors (Lipinski definition) is 4. The lowest BCUT2D eigenvalue weighted by Gasteiger charge is -2.08. The van der Waals surface area contributed by atoms with Gasteiger partial charge in [0.1, 0.15) is 5.82 Å². The molecule has 4 heteroatoms. The van der Waals surface area contributed by atoms with E-state index in [9.17, 15) is 0 Å². The van der Waals surface area contributed by atoms with Crippen LogP contribution in [0, 0.1) is 0 Å². The third kappa shape index (κ3) is 4.53. The maximum absolute atomic E-state index is 8.90. The molecule has 1 heterocycles. The van der Waals surface area contributed by atoms with E-state index in [4.69, 9.17) is 5.11 Å². The molecule has 0 spiro atoms. The Labute approximate surface area is 95.3 Å². The summed E-state index contributed by atoms with van der Waals surface area (Å²) >= 11 is 1.72. The van der Waals surface area contributed by atoms with Gasteiger partial charge in [0.05, 0.1) is 12.3 Å². The first-order valence-electron chi connectivity index (χ1n) is 5.18. The van der Waals surface area contributed by atoms with Crippen LogP contribution in [-0.2, 0) is 5.75 Å². The summed E-state index contributed by atoms with van der Waals surface area (Å²) in [6.45, 7) is 5.17. The molecule has 0 aromatic carbocycles. The molecule has 1 rings (SSSR count). The second-order valence-electron chi connectivity index (χ2n) is 3.35. The van der Waals surface area contributed by atoms with Crippen molar-refractivity contribution in [3.8, 4) is 0 Å². The van der Waals surface area contributed by atoms with Gasteiger partial charge in [-0.15, -0.1) is 0 Å². The minimum atomic E-state index is 0.220. The molecule has 0 amide bonds. The molecule has 15 heavy (non-hydrogen) atoms.